The maximum atomic E-state index is 14.1. The zero-order valence-electron chi connectivity index (χ0n) is 24.5. The molecule has 2 unspecified atom stereocenters. The number of aromatic hydroxyl groups is 1. The number of aliphatic hydroxyl groups is 4. The fourth-order valence-corrected chi connectivity index (χ4v) is 6.91. The molecule has 0 saturated heterocycles. The maximum Gasteiger partial charge on any atom is 0.255 e. The van der Waals surface area contributed by atoms with Crippen LogP contribution in [0.5, 0.6) is 5.75 Å². The summed E-state index contributed by atoms with van der Waals surface area (Å²) >= 11 is 0. The Morgan fingerprint density at radius 2 is 1.71 bits per heavy atom. The second-order valence-corrected chi connectivity index (χ2v) is 11.9. The van der Waals surface area contributed by atoms with E-state index < -0.39 is 99.2 Å². The number of anilines is 1. The summed E-state index contributed by atoms with van der Waals surface area (Å²) in [6, 6.07) is 5.61. The number of ketones is 2. The molecule has 1 saturated carbocycles. The molecule has 0 heterocycles. The number of hydrogen-bond donors (Lipinski definition) is 8. The number of halogens is 1. The van der Waals surface area contributed by atoms with E-state index in [-0.39, 0.29) is 23.2 Å². The minimum absolute atomic E-state index is 0.0404. The van der Waals surface area contributed by atoms with Crippen molar-refractivity contribution in [2.45, 2.75) is 43.1 Å². The first-order chi connectivity index (χ1) is 21.0. The van der Waals surface area contributed by atoms with Crippen molar-refractivity contribution in [3.63, 3.8) is 0 Å². The third kappa shape index (κ3) is 4.68. The molecule has 0 spiro atoms. The van der Waals surface area contributed by atoms with Gasteiger partial charge in [-0.2, -0.15) is 0 Å². The average Bonchev–Trinajstić information content (AvgIpc) is 2.96. The van der Waals surface area contributed by atoms with Crippen molar-refractivity contribution in [1.82, 2.24) is 4.90 Å². The van der Waals surface area contributed by atoms with E-state index in [0.717, 1.165) is 0 Å². The van der Waals surface area contributed by atoms with Gasteiger partial charge in [0.15, 0.2) is 11.4 Å². The molecule has 2 amide bonds. The highest BCUT2D eigenvalue weighted by Crippen LogP contribution is 2.56. The van der Waals surface area contributed by atoms with E-state index in [4.69, 9.17) is 11.5 Å². The van der Waals surface area contributed by atoms with E-state index in [2.05, 4.69) is 5.32 Å². The molecule has 0 bridgehead atoms. The van der Waals surface area contributed by atoms with Gasteiger partial charge in [-0.05, 0) is 55.8 Å². The monoisotopic (exact) mass is 624 g/mol. The highest BCUT2D eigenvalue weighted by Gasteiger charge is 2.68. The Hall–Kier alpha value is -4.63. The second kappa shape index (κ2) is 11.1. The van der Waals surface area contributed by atoms with Crippen molar-refractivity contribution < 1.29 is 49.1 Å². The van der Waals surface area contributed by atoms with Gasteiger partial charge in [0.25, 0.3) is 5.91 Å². The Labute approximate surface area is 256 Å². The lowest BCUT2D eigenvalue weighted by Crippen LogP contribution is -2.70. The molecule has 3 aliphatic carbocycles. The molecule has 14 heteroatoms. The third-order valence-electron chi connectivity index (χ3n) is 9.09. The molecular formula is C31H33FN4O9. The van der Waals surface area contributed by atoms with E-state index in [1.807, 2.05) is 0 Å². The van der Waals surface area contributed by atoms with Gasteiger partial charge in [-0.25, -0.2) is 4.39 Å². The number of amides is 2. The van der Waals surface area contributed by atoms with Crippen LogP contribution in [0.3, 0.4) is 0 Å². The Morgan fingerprint density at radius 1 is 1.09 bits per heavy atom. The summed E-state index contributed by atoms with van der Waals surface area (Å²) in [6.45, 7) is 1.59. The van der Waals surface area contributed by atoms with Gasteiger partial charge in [-0.15, -0.1) is 0 Å². The van der Waals surface area contributed by atoms with Crippen molar-refractivity contribution in [2.75, 3.05) is 19.4 Å². The number of phenols is 1. The zero-order valence-corrected chi connectivity index (χ0v) is 24.5. The summed E-state index contributed by atoms with van der Waals surface area (Å²) in [5, 5.41) is 59.6. The number of carbonyl (C=O) groups is 4. The molecule has 10 N–H and O–H groups in total. The van der Waals surface area contributed by atoms with Crippen LogP contribution in [0.1, 0.15) is 29.5 Å². The summed E-state index contributed by atoms with van der Waals surface area (Å²) in [4.78, 5) is 53.7. The smallest absolute Gasteiger partial charge is 0.255 e. The lowest BCUT2D eigenvalue weighted by atomic mass is 9.54. The summed E-state index contributed by atoms with van der Waals surface area (Å²) in [7, 11) is 2.84. The first-order valence-electron chi connectivity index (χ1n) is 14.0. The molecule has 7 atom stereocenters. The van der Waals surface area contributed by atoms with Crippen LogP contribution in [0.25, 0.3) is 5.76 Å². The van der Waals surface area contributed by atoms with E-state index in [0.29, 0.717) is 5.56 Å². The van der Waals surface area contributed by atoms with Crippen LogP contribution < -0.4 is 16.8 Å². The summed E-state index contributed by atoms with van der Waals surface area (Å²) in [6.07, 6.45) is -1.69. The Balaban J connectivity index is 1.58. The van der Waals surface area contributed by atoms with Gasteiger partial charge in [-0.3, -0.25) is 24.1 Å². The number of nitrogens with zero attached hydrogens (tertiary/aromatic N) is 1. The summed E-state index contributed by atoms with van der Waals surface area (Å²) in [5.41, 5.74) is 7.13. The molecule has 45 heavy (non-hydrogen) atoms. The predicted octanol–water partition coefficient (Wildman–Crippen LogP) is 0.143. The number of nitrogens with one attached hydrogen (secondary N) is 1. The van der Waals surface area contributed by atoms with Crippen LogP contribution in [0, 0.1) is 17.7 Å². The maximum absolute atomic E-state index is 14.1. The lowest BCUT2D eigenvalue weighted by Gasteiger charge is -2.53. The molecule has 13 nitrogen and oxygen atoms in total. The van der Waals surface area contributed by atoms with Gasteiger partial charge in [0, 0.05) is 11.5 Å². The molecule has 0 radical (unpaired) electrons. The highest BCUT2D eigenvalue weighted by molar-refractivity contribution is 6.24. The van der Waals surface area contributed by atoms with E-state index >= 15 is 0 Å². The summed E-state index contributed by atoms with van der Waals surface area (Å²) in [5.74, 6) is -11.4. The first-order valence-corrected chi connectivity index (χ1v) is 14.0. The van der Waals surface area contributed by atoms with Crippen molar-refractivity contribution in [3.05, 3.63) is 75.8 Å². The van der Waals surface area contributed by atoms with Crippen LogP contribution in [0.4, 0.5) is 10.1 Å². The predicted molar refractivity (Wildman–Crippen MR) is 157 cm³/mol. The van der Waals surface area contributed by atoms with Crippen LogP contribution >= 0.6 is 0 Å². The number of benzene rings is 2. The number of aliphatic hydroxyl groups excluding tert-OH is 3. The number of nitrogens with two attached hydrogens (primary N) is 2. The van der Waals surface area contributed by atoms with Crippen LogP contribution in [-0.4, -0.2) is 91.7 Å². The zero-order chi connectivity index (χ0) is 33.3. The summed E-state index contributed by atoms with van der Waals surface area (Å²) < 4.78 is 13.2. The number of fused-ring (bicyclic) bond motifs is 3. The Kier molecular flexibility index (Phi) is 7.82. The van der Waals surface area contributed by atoms with Crippen LogP contribution in [-0.2, 0) is 25.6 Å². The molecule has 2 aromatic rings. The number of phenolic OH excluding ortho intramolecular Hbond substituents is 1. The first kappa shape index (κ1) is 31.8. The third-order valence-corrected chi connectivity index (χ3v) is 9.09. The number of rotatable bonds is 6. The fourth-order valence-electron chi connectivity index (χ4n) is 6.91. The van der Waals surface area contributed by atoms with Crippen molar-refractivity contribution in [1.29, 1.82) is 0 Å². The second-order valence-electron chi connectivity index (χ2n) is 11.9. The molecule has 5 rings (SSSR count). The SMILES string of the molecule is C[C@H]1c2ccc(NC(=O)[C@@H](N)Cc3ccc(F)cc3)c(O)c2C(O)=C2C(=O)[C@]3(O)C(O)=C(C(N)=O)C(=O)[C@@H](N(C)C)C3[C@@H](O)C21. The Bertz CT molecular complexity index is 1700. The molecule has 238 valence electrons. The van der Waals surface area contributed by atoms with E-state index in [1.165, 1.54) is 55.4 Å². The molecule has 3 aliphatic rings. The molecule has 0 aliphatic heterocycles. The minimum atomic E-state index is -3.04. The Morgan fingerprint density at radius 3 is 2.29 bits per heavy atom. The average molecular weight is 625 g/mol. The number of likely N-dealkylation sites (N-methyl/N-ethyl adjacent to an activating group) is 1. The van der Waals surface area contributed by atoms with Crippen LogP contribution in [0.15, 0.2) is 53.3 Å². The van der Waals surface area contributed by atoms with Gasteiger partial charge < -0.3 is 42.3 Å². The standard InChI is InChI=1S/C31H33FN4O9/c1-11-14-8-9-16(35-30(44)15(33)10-12-4-6-13(32)7-5-12)23(37)18(14)24(38)19-17(11)25(39)21-22(36(2)3)26(40)20(29(34)43)28(42)31(21,45)27(19)41/h4-9,11,15,17,21-22,25,37-39,42,45H,10,33H2,1-3H3,(H2,34,43)(H,35,44)/t11-,15-,17?,21?,22-,25-,31-/m0/s1. The number of hydrogen-bond acceptors (Lipinski definition) is 11. The number of carbonyl (C=O) groups excluding carboxylic acids is 4. The van der Waals surface area contributed by atoms with Gasteiger partial charge in [-0.1, -0.05) is 25.1 Å². The highest BCUT2D eigenvalue weighted by atomic mass is 19.1. The number of Topliss-reactive ketones (excluding diaryl/α,β-unsaturated/α-hetero) is 2. The lowest BCUT2D eigenvalue weighted by molar-refractivity contribution is -0.169. The van der Waals surface area contributed by atoms with Gasteiger partial charge in [0.05, 0.1) is 35.4 Å². The topological polar surface area (TPSA) is 237 Å². The molecular weight excluding hydrogens is 591 g/mol. The van der Waals surface area contributed by atoms with E-state index in [1.54, 1.807) is 6.92 Å². The van der Waals surface area contributed by atoms with Gasteiger partial charge in [0.1, 0.15) is 28.7 Å². The minimum Gasteiger partial charge on any atom is -0.508 e. The van der Waals surface area contributed by atoms with Crippen molar-refractivity contribution >= 4 is 34.8 Å². The fraction of sp³-hybridized carbons (Fsp3) is 0.355. The quantitative estimate of drug-likeness (QED) is 0.159. The van der Waals surface area contributed by atoms with Crippen molar-refractivity contribution in [3.8, 4) is 5.75 Å². The van der Waals surface area contributed by atoms with E-state index in [9.17, 15) is 49.1 Å². The normalized spacial score (nSPS) is 28.4. The van der Waals surface area contributed by atoms with Crippen molar-refractivity contribution in [2.24, 2.45) is 23.3 Å². The van der Waals surface area contributed by atoms with Gasteiger partial charge in [0.2, 0.25) is 11.7 Å². The molecule has 2 aromatic carbocycles. The number of primary amides is 1. The largest absolute Gasteiger partial charge is 0.508 e. The molecule has 1 fully saturated rings. The van der Waals surface area contributed by atoms with Gasteiger partial charge >= 0.3 is 0 Å². The molecule has 0 aromatic heterocycles. The van der Waals surface area contributed by atoms with Crippen LogP contribution in [0.2, 0.25) is 0 Å².